The highest BCUT2D eigenvalue weighted by Crippen LogP contribution is 2.40. The molecule has 0 aliphatic heterocycles. The molecule has 1 atom stereocenters. The standard InChI is InChI=1S/C16H31N/c1-4-17-16(14-6-5-7-14)15-10-8-13(9-11-15)12(2)3/h12-17H,4-11H2,1-3H3. The second kappa shape index (κ2) is 6.22. The fourth-order valence-electron chi connectivity index (χ4n) is 3.92. The molecule has 0 bridgehead atoms. The van der Waals surface area contributed by atoms with Gasteiger partial charge in [0.25, 0.3) is 0 Å². The van der Waals surface area contributed by atoms with Crippen LogP contribution in [0.4, 0.5) is 0 Å². The Morgan fingerprint density at radius 1 is 0.882 bits per heavy atom. The first kappa shape index (κ1) is 13.4. The summed E-state index contributed by atoms with van der Waals surface area (Å²) in [5.74, 6) is 3.90. The Bertz CT molecular complexity index is 212. The molecule has 17 heavy (non-hydrogen) atoms. The van der Waals surface area contributed by atoms with Crippen molar-refractivity contribution in [3.05, 3.63) is 0 Å². The van der Waals surface area contributed by atoms with E-state index >= 15 is 0 Å². The first-order valence-electron chi connectivity index (χ1n) is 7.95. The summed E-state index contributed by atoms with van der Waals surface area (Å²) in [6, 6.07) is 0.849. The third-order valence-electron chi connectivity index (χ3n) is 5.36. The zero-order chi connectivity index (χ0) is 12.3. The maximum Gasteiger partial charge on any atom is 0.0123 e. The van der Waals surface area contributed by atoms with Gasteiger partial charge < -0.3 is 5.32 Å². The van der Waals surface area contributed by atoms with Crippen LogP contribution in [0.1, 0.15) is 65.7 Å². The molecule has 0 saturated heterocycles. The van der Waals surface area contributed by atoms with E-state index < -0.39 is 0 Å². The van der Waals surface area contributed by atoms with Crippen LogP contribution < -0.4 is 5.32 Å². The predicted octanol–water partition coefficient (Wildman–Crippen LogP) is 4.23. The van der Waals surface area contributed by atoms with Crippen molar-refractivity contribution in [1.82, 2.24) is 5.32 Å². The van der Waals surface area contributed by atoms with E-state index in [0.29, 0.717) is 0 Å². The predicted molar refractivity (Wildman–Crippen MR) is 75.1 cm³/mol. The Morgan fingerprint density at radius 2 is 1.41 bits per heavy atom. The third-order valence-corrected chi connectivity index (χ3v) is 5.36. The summed E-state index contributed by atoms with van der Waals surface area (Å²) in [7, 11) is 0. The highest BCUT2D eigenvalue weighted by molar-refractivity contribution is 4.90. The lowest BCUT2D eigenvalue weighted by atomic mass is 9.68. The molecule has 0 aromatic heterocycles. The van der Waals surface area contributed by atoms with Gasteiger partial charge in [0, 0.05) is 6.04 Å². The molecule has 0 aromatic rings. The molecule has 2 fully saturated rings. The maximum atomic E-state index is 3.80. The highest BCUT2D eigenvalue weighted by Gasteiger charge is 2.35. The summed E-state index contributed by atoms with van der Waals surface area (Å²) >= 11 is 0. The van der Waals surface area contributed by atoms with E-state index in [0.717, 1.165) is 36.3 Å². The first-order valence-corrected chi connectivity index (χ1v) is 7.95. The van der Waals surface area contributed by atoms with Crippen molar-refractivity contribution < 1.29 is 0 Å². The monoisotopic (exact) mass is 237 g/mol. The molecule has 0 aromatic carbocycles. The van der Waals surface area contributed by atoms with Gasteiger partial charge in [-0.05, 0) is 68.7 Å². The smallest absolute Gasteiger partial charge is 0.0123 e. The van der Waals surface area contributed by atoms with Gasteiger partial charge in [-0.1, -0.05) is 27.2 Å². The van der Waals surface area contributed by atoms with Gasteiger partial charge >= 0.3 is 0 Å². The Hall–Kier alpha value is -0.0400. The van der Waals surface area contributed by atoms with Gasteiger partial charge in [0.2, 0.25) is 0 Å². The summed E-state index contributed by atoms with van der Waals surface area (Å²) in [5, 5.41) is 3.80. The average Bonchev–Trinajstić information content (AvgIpc) is 2.26. The minimum Gasteiger partial charge on any atom is -0.314 e. The van der Waals surface area contributed by atoms with Gasteiger partial charge in [0.15, 0.2) is 0 Å². The summed E-state index contributed by atoms with van der Waals surface area (Å²) in [4.78, 5) is 0. The molecule has 1 N–H and O–H groups in total. The van der Waals surface area contributed by atoms with Crippen molar-refractivity contribution in [2.45, 2.75) is 71.8 Å². The van der Waals surface area contributed by atoms with Gasteiger partial charge in [0.1, 0.15) is 0 Å². The van der Waals surface area contributed by atoms with Crippen LogP contribution in [0.3, 0.4) is 0 Å². The molecule has 1 heteroatoms. The molecular formula is C16H31N. The minimum atomic E-state index is 0.849. The van der Waals surface area contributed by atoms with Crippen molar-refractivity contribution in [3.8, 4) is 0 Å². The lowest BCUT2D eigenvalue weighted by Crippen LogP contribution is -2.46. The molecule has 0 heterocycles. The fourth-order valence-corrected chi connectivity index (χ4v) is 3.92. The second-order valence-corrected chi connectivity index (χ2v) is 6.69. The zero-order valence-corrected chi connectivity index (χ0v) is 12.0. The van der Waals surface area contributed by atoms with Gasteiger partial charge in [-0.2, -0.15) is 0 Å². The van der Waals surface area contributed by atoms with E-state index in [9.17, 15) is 0 Å². The maximum absolute atomic E-state index is 3.80. The average molecular weight is 237 g/mol. The molecule has 0 spiro atoms. The summed E-state index contributed by atoms with van der Waals surface area (Å²) in [5.41, 5.74) is 0. The Labute approximate surface area is 108 Å². The first-order chi connectivity index (χ1) is 8.22. The van der Waals surface area contributed by atoms with Crippen LogP contribution in [0, 0.1) is 23.7 Å². The molecule has 2 rings (SSSR count). The minimum absolute atomic E-state index is 0.849. The van der Waals surface area contributed by atoms with E-state index in [-0.39, 0.29) is 0 Å². The number of nitrogens with one attached hydrogen (secondary N) is 1. The SMILES string of the molecule is CCNC(C1CCC1)C1CCC(C(C)C)CC1. The van der Waals surface area contributed by atoms with Crippen LogP contribution in [0.2, 0.25) is 0 Å². The number of hydrogen-bond donors (Lipinski definition) is 1. The lowest BCUT2D eigenvalue weighted by Gasteiger charge is -2.42. The molecule has 2 saturated carbocycles. The van der Waals surface area contributed by atoms with Crippen LogP contribution in [0.5, 0.6) is 0 Å². The Morgan fingerprint density at radius 3 is 1.82 bits per heavy atom. The molecular weight excluding hydrogens is 206 g/mol. The molecule has 0 amide bonds. The summed E-state index contributed by atoms with van der Waals surface area (Å²) < 4.78 is 0. The van der Waals surface area contributed by atoms with E-state index in [1.54, 1.807) is 0 Å². The zero-order valence-electron chi connectivity index (χ0n) is 12.0. The third kappa shape index (κ3) is 3.24. The van der Waals surface area contributed by atoms with Gasteiger partial charge in [-0.3, -0.25) is 0 Å². The van der Waals surface area contributed by atoms with Crippen LogP contribution >= 0.6 is 0 Å². The van der Waals surface area contributed by atoms with Crippen molar-refractivity contribution in [1.29, 1.82) is 0 Å². The van der Waals surface area contributed by atoms with Crippen LogP contribution in [-0.4, -0.2) is 12.6 Å². The topological polar surface area (TPSA) is 12.0 Å². The van der Waals surface area contributed by atoms with Crippen LogP contribution in [0.15, 0.2) is 0 Å². The van der Waals surface area contributed by atoms with Crippen molar-refractivity contribution in [2.24, 2.45) is 23.7 Å². The van der Waals surface area contributed by atoms with E-state index in [1.807, 2.05) is 0 Å². The van der Waals surface area contributed by atoms with Gasteiger partial charge in [0.05, 0.1) is 0 Å². The fraction of sp³-hybridized carbons (Fsp3) is 1.00. The summed E-state index contributed by atoms with van der Waals surface area (Å²) in [6.07, 6.45) is 10.4. The Balaban J connectivity index is 1.84. The Kier molecular flexibility index (Phi) is 4.90. The van der Waals surface area contributed by atoms with Crippen molar-refractivity contribution >= 4 is 0 Å². The van der Waals surface area contributed by atoms with Crippen molar-refractivity contribution in [2.75, 3.05) is 6.54 Å². The lowest BCUT2D eigenvalue weighted by molar-refractivity contribution is 0.122. The van der Waals surface area contributed by atoms with Gasteiger partial charge in [-0.25, -0.2) is 0 Å². The quantitative estimate of drug-likeness (QED) is 0.754. The normalized spacial score (nSPS) is 32.5. The molecule has 2 aliphatic carbocycles. The molecule has 1 nitrogen and oxygen atoms in total. The van der Waals surface area contributed by atoms with E-state index in [2.05, 4.69) is 26.1 Å². The molecule has 0 radical (unpaired) electrons. The molecule has 100 valence electrons. The van der Waals surface area contributed by atoms with Gasteiger partial charge in [-0.15, -0.1) is 0 Å². The second-order valence-electron chi connectivity index (χ2n) is 6.69. The number of hydrogen-bond acceptors (Lipinski definition) is 1. The van der Waals surface area contributed by atoms with Crippen LogP contribution in [0.25, 0.3) is 0 Å². The van der Waals surface area contributed by atoms with E-state index in [4.69, 9.17) is 0 Å². The number of rotatable bonds is 5. The highest BCUT2D eigenvalue weighted by atomic mass is 14.9. The summed E-state index contributed by atoms with van der Waals surface area (Å²) in [6.45, 7) is 8.23. The molecule has 1 unspecified atom stereocenters. The largest absolute Gasteiger partial charge is 0.314 e. The molecule has 2 aliphatic rings. The van der Waals surface area contributed by atoms with Crippen molar-refractivity contribution in [3.63, 3.8) is 0 Å². The van der Waals surface area contributed by atoms with Crippen LogP contribution in [-0.2, 0) is 0 Å². The van der Waals surface area contributed by atoms with E-state index in [1.165, 1.54) is 44.9 Å².